The Labute approximate surface area is 186 Å². The summed E-state index contributed by atoms with van der Waals surface area (Å²) in [5, 5.41) is 5.96. The molecule has 1 saturated heterocycles. The second-order valence-corrected chi connectivity index (χ2v) is 9.24. The Morgan fingerprint density at radius 3 is 2.52 bits per heavy atom. The summed E-state index contributed by atoms with van der Waals surface area (Å²) in [6, 6.07) is 16.8. The summed E-state index contributed by atoms with van der Waals surface area (Å²) in [6.07, 6.45) is 6.90. The molecule has 2 amide bonds. The number of carbonyl (C=O) groups excluding carboxylic acids is 2. The number of benzene rings is 2. The number of aromatic nitrogens is 1. The first kappa shape index (κ1) is 19.9. The third kappa shape index (κ3) is 4.00. The van der Waals surface area contributed by atoms with Crippen molar-refractivity contribution in [1.82, 2.24) is 9.88 Å². The Balaban J connectivity index is 1.36. The standard InChI is InChI=1S/C25H25N3O2S/c29-23(27-20-12-10-17(11-13-20)24-26-14-15-31-24)22-16-19-8-4-5-9-21(19)28(22)25(30)18-6-2-1-3-7-18/h1-3,6-7,10-15,19,21-22H,4-5,8-9,16H2,(H,27,29). The topological polar surface area (TPSA) is 62.3 Å². The highest BCUT2D eigenvalue weighted by molar-refractivity contribution is 7.13. The summed E-state index contributed by atoms with van der Waals surface area (Å²) < 4.78 is 0. The number of likely N-dealkylation sites (tertiary alicyclic amines) is 1. The molecule has 3 unspecified atom stereocenters. The van der Waals surface area contributed by atoms with E-state index in [9.17, 15) is 9.59 Å². The van der Waals surface area contributed by atoms with Gasteiger partial charge in [-0.05, 0) is 61.6 Å². The number of thiazole rings is 1. The zero-order chi connectivity index (χ0) is 21.2. The molecular weight excluding hydrogens is 406 g/mol. The number of carbonyl (C=O) groups is 2. The van der Waals surface area contributed by atoms with Crippen LogP contribution in [-0.4, -0.2) is 33.8 Å². The summed E-state index contributed by atoms with van der Waals surface area (Å²) in [5.74, 6) is 0.277. The van der Waals surface area contributed by atoms with Crippen molar-refractivity contribution in [2.75, 3.05) is 5.32 Å². The van der Waals surface area contributed by atoms with Crippen LogP contribution < -0.4 is 5.32 Å². The molecule has 31 heavy (non-hydrogen) atoms. The fourth-order valence-electron chi connectivity index (χ4n) is 5.00. The molecular formula is C25H25N3O2S. The van der Waals surface area contributed by atoms with Crippen molar-refractivity contribution in [3.05, 3.63) is 71.7 Å². The summed E-state index contributed by atoms with van der Waals surface area (Å²) >= 11 is 1.59. The quantitative estimate of drug-likeness (QED) is 0.616. The second-order valence-electron chi connectivity index (χ2n) is 8.35. The minimum absolute atomic E-state index is 0.0331. The number of nitrogens with one attached hydrogen (secondary N) is 1. The van der Waals surface area contributed by atoms with E-state index in [-0.39, 0.29) is 17.9 Å². The molecule has 0 bridgehead atoms. The van der Waals surface area contributed by atoms with Gasteiger partial charge in [-0.3, -0.25) is 9.59 Å². The van der Waals surface area contributed by atoms with Gasteiger partial charge in [0.15, 0.2) is 0 Å². The van der Waals surface area contributed by atoms with Crippen molar-refractivity contribution >= 4 is 28.8 Å². The molecule has 5 rings (SSSR count). The second kappa shape index (κ2) is 8.63. The van der Waals surface area contributed by atoms with Crippen LogP contribution in [0.1, 0.15) is 42.5 Å². The largest absolute Gasteiger partial charge is 0.324 e. The lowest BCUT2D eigenvalue weighted by molar-refractivity contribution is -0.120. The molecule has 3 atom stereocenters. The average molecular weight is 432 g/mol. The highest BCUT2D eigenvalue weighted by atomic mass is 32.1. The van der Waals surface area contributed by atoms with Crippen LogP contribution >= 0.6 is 11.3 Å². The molecule has 0 radical (unpaired) electrons. The fraction of sp³-hybridized carbons (Fsp3) is 0.320. The van der Waals surface area contributed by atoms with Gasteiger partial charge in [-0.2, -0.15) is 0 Å². The Bertz CT molecular complexity index is 1050. The number of hydrogen-bond acceptors (Lipinski definition) is 4. The van der Waals surface area contributed by atoms with Crippen molar-refractivity contribution in [2.24, 2.45) is 5.92 Å². The highest BCUT2D eigenvalue weighted by Crippen LogP contribution is 2.41. The molecule has 1 aliphatic carbocycles. The Hall–Kier alpha value is -2.99. The van der Waals surface area contributed by atoms with Crippen LogP contribution in [0.25, 0.3) is 10.6 Å². The molecule has 6 heteroatoms. The lowest BCUT2D eigenvalue weighted by atomic mass is 9.84. The maximum atomic E-state index is 13.4. The highest BCUT2D eigenvalue weighted by Gasteiger charge is 2.47. The van der Waals surface area contributed by atoms with Crippen LogP contribution in [0.2, 0.25) is 0 Å². The van der Waals surface area contributed by atoms with Crippen molar-refractivity contribution in [1.29, 1.82) is 0 Å². The van der Waals surface area contributed by atoms with Crippen LogP contribution in [0, 0.1) is 5.92 Å². The molecule has 158 valence electrons. The SMILES string of the molecule is O=C(Nc1ccc(-c2nccs2)cc1)C1CC2CCCCC2N1C(=O)c1ccccc1. The van der Waals surface area contributed by atoms with E-state index in [1.807, 2.05) is 64.9 Å². The van der Waals surface area contributed by atoms with E-state index in [4.69, 9.17) is 0 Å². The molecule has 2 heterocycles. The maximum absolute atomic E-state index is 13.4. The first-order valence-electron chi connectivity index (χ1n) is 10.9. The zero-order valence-corrected chi connectivity index (χ0v) is 18.1. The van der Waals surface area contributed by atoms with Crippen LogP contribution in [0.3, 0.4) is 0 Å². The number of nitrogens with zero attached hydrogens (tertiary/aromatic N) is 2. The van der Waals surface area contributed by atoms with Crippen molar-refractivity contribution in [3.63, 3.8) is 0 Å². The lowest BCUT2D eigenvalue weighted by Crippen LogP contribution is -2.47. The van der Waals surface area contributed by atoms with E-state index in [0.717, 1.165) is 41.9 Å². The summed E-state index contributed by atoms with van der Waals surface area (Å²) in [6.45, 7) is 0. The molecule has 1 N–H and O–H groups in total. The number of hydrogen-bond donors (Lipinski definition) is 1. The summed E-state index contributed by atoms with van der Waals surface area (Å²) in [5.41, 5.74) is 2.42. The number of rotatable bonds is 4. The summed E-state index contributed by atoms with van der Waals surface area (Å²) in [7, 11) is 0. The lowest BCUT2D eigenvalue weighted by Gasteiger charge is -2.33. The van der Waals surface area contributed by atoms with Gasteiger partial charge in [0, 0.05) is 34.4 Å². The van der Waals surface area contributed by atoms with Gasteiger partial charge in [-0.25, -0.2) is 4.98 Å². The van der Waals surface area contributed by atoms with Gasteiger partial charge in [0.1, 0.15) is 11.0 Å². The molecule has 2 aliphatic rings. The Kier molecular flexibility index (Phi) is 5.55. The predicted octanol–water partition coefficient (Wildman–Crippen LogP) is 5.22. The van der Waals surface area contributed by atoms with E-state index in [2.05, 4.69) is 10.3 Å². The van der Waals surface area contributed by atoms with Gasteiger partial charge < -0.3 is 10.2 Å². The maximum Gasteiger partial charge on any atom is 0.254 e. The first-order valence-corrected chi connectivity index (χ1v) is 11.8. The van der Waals surface area contributed by atoms with Crippen LogP contribution in [0.5, 0.6) is 0 Å². The number of anilines is 1. The molecule has 1 aliphatic heterocycles. The molecule has 3 aromatic rings. The zero-order valence-electron chi connectivity index (χ0n) is 17.2. The molecule has 5 nitrogen and oxygen atoms in total. The van der Waals surface area contributed by atoms with Gasteiger partial charge in [0.25, 0.3) is 5.91 Å². The molecule has 1 aromatic heterocycles. The third-order valence-corrected chi connectivity index (χ3v) is 7.30. The van der Waals surface area contributed by atoms with E-state index >= 15 is 0 Å². The van der Waals surface area contributed by atoms with Gasteiger partial charge in [-0.1, -0.05) is 31.0 Å². The van der Waals surface area contributed by atoms with E-state index in [1.54, 1.807) is 17.5 Å². The first-order chi connectivity index (χ1) is 15.2. The normalized spacial score (nSPS) is 22.7. The van der Waals surface area contributed by atoms with E-state index < -0.39 is 6.04 Å². The number of amides is 2. The minimum Gasteiger partial charge on any atom is -0.324 e. The average Bonchev–Trinajstić information content (AvgIpc) is 3.48. The molecule has 0 spiro atoms. The Morgan fingerprint density at radius 2 is 1.77 bits per heavy atom. The van der Waals surface area contributed by atoms with E-state index in [0.29, 0.717) is 11.5 Å². The molecule has 1 saturated carbocycles. The van der Waals surface area contributed by atoms with Crippen molar-refractivity contribution in [3.8, 4) is 10.6 Å². The summed E-state index contributed by atoms with van der Waals surface area (Å²) in [4.78, 5) is 32.9. The third-order valence-electron chi connectivity index (χ3n) is 6.48. The number of fused-ring (bicyclic) bond motifs is 1. The smallest absolute Gasteiger partial charge is 0.254 e. The van der Waals surface area contributed by atoms with Gasteiger partial charge in [0.2, 0.25) is 5.91 Å². The van der Waals surface area contributed by atoms with Crippen LogP contribution in [-0.2, 0) is 4.79 Å². The molecule has 2 aromatic carbocycles. The predicted molar refractivity (Wildman–Crippen MR) is 123 cm³/mol. The van der Waals surface area contributed by atoms with Crippen molar-refractivity contribution < 1.29 is 9.59 Å². The van der Waals surface area contributed by atoms with Gasteiger partial charge in [-0.15, -0.1) is 11.3 Å². The minimum atomic E-state index is -0.431. The monoisotopic (exact) mass is 431 g/mol. The van der Waals surface area contributed by atoms with Crippen molar-refractivity contribution in [2.45, 2.75) is 44.2 Å². The van der Waals surface area contributed by atoms with E-state index in [1.165, 1.54) is 6.42 Å². The fourth-order valence-corrected chi connectivity index (χ4v) is 5.65. The van der Waals surface area contributed by atoms with Crippen LogP contribution in [0.4, 0.5) is 5.69 Å². The molecule has 2 fully saturated rings. The van der Waals surface area contributed by atoms with Gasteiger partial charge in [0.05, 0.1) is 0 Å². The Morgan fingerprint density at radius 1 is 1.00 bits per heavy atom. The van der Waals surface area contributed by atoms with Gasteiger partial charge >= 0.3 is 0 Å². The van der Waals surface area contributed by atoms with Crippen LogP contribution in [0.15, 0.2) is 66.2 Å².